The number of hydrogen-bond acceptors (Lipinski definition) is 4. The van der Waals surface area contributed by atoms with Gasteiger partial charge in [-0.3, -0.25) is 9.59 Å². The van der Waals surface area contributed by atoms with Crippen molar-refractivity contribution in [3.63, 3.8) is 0 Å². The molecule has 0 unspecified atom stereocenters. The van der Waals surface area contributed by atoms with E-state index in [1.54, 1.807) is 7.11 Å². The molecule has 2 aromatic carbocycles. The molecule has 0 aliphatic carbocycles. The van der Waals surface area contributed by atoms with Crippen LogP contribution in [0.15, 0.2) is 60.7 Å². The summed E-state index contributed by atoms with van der Waals surface area (Å²) in [7, 11) is 3.04. The lowest BCUT2D eigenvalue weighted by molar-refractivity contribution is -0.140. The topological polar surface area (TPSA) is 80.4 Å². The quantitative estimate of drug-likeness (QED) is 0.321. The highest BCUT2D eigenvalue weighted by molar-refractivity contribution is 6.00. The van der Waals surface area contributed by atoms with Crippen molar-refractivity contribution < 1.29 is 19.1 Å². The van der Waals surface area contributed by atoms with Crippen molar-refractivity contribution in [1.29, 1.82) is 0 Å². The lowest BCUT2D eigenvalue weighted by Crippen LogP contribution is -2.25. The number of nitrogens with one attached hydrogen (secondary N) is 2. The van der Waals surface area contributed by atoms with E-state index in [-0.39, 0.29) is 11.9 Å². The number of aromatic amines is 1. The summed E-state index contributed by atoms with van der Waals surface area (Å²) in [4.78, 5) is 27.4. The molecular formula is C26H30N2O4. The number of benzene rings is 2. The van der Waals surface area contributed by atoms with Crippen LogP contribution in [0.3, 0.4) is 0 Å². The second-order valence-corrected chi connectivity index (χ2v) is 7.56. The van der Waals surface area contributed by atoms with E-state index in [0.29, 0.717) is 18.7 Å². The SMILES string of the molecule is COC(=O)CCCCCCNC(=O)c1[nH]c(-c2ccc(OC)cc2)cc1-c1ccccc1. The summed E-state index contributed by atoms with van der Waals surface area (Å²) in [6.07, 6.45) is 4.00. The fourth-order valence-corrected chi connectivity index (χ4v) is 3.55. The maximum Gasteiger partial charge on any atom is 0.305 e. The first-order valence-corrected chi connectivity index (χ1v) is 10.9. The van der Waals surface area contributed by atoms with E-state index in [2.05, 4.69) is 15.0 Å². The van der Waals surface area contributed by atoms with Crippen LogP contribution in [-0.4, -0.2) is 37.6 Å². The number of esters is 1. The normalized spacial score (nSPS) is 10.6. The van der Waals surface area contributed by atoms with Gasteiger partial charge in [0.25, 0.3) is 5.91 Å². The molecule has 0 fully saturated rings. The average molecular weight is 435 g/mol. The Kier molecular flexibility index (Phi) is 8.49. The third-order valence-corrected chi connectivity index (χ3v) is 5.35. The number of H-pyrrole nitrogens is 1. The average Bonchev–Trinajstić information content (AvgIpc) is 3.29. The minimum absolute atomic E-state index is 0.127. The number of ether oxygens (including phenoxy) is 2. The summed E-state index contributed by atoms with van der Waals surface area (Å²) in [5.41, 5.74) is 4.25. The van der Waals surface area contributed by atoms with Crippen molar-refractivity contribution in [2.45, 2.75) is 32.1 Å². The fraction of sp³-hybridized carbons (Fsp3) is 0.308. The number of carbonyl (C=O) groups excluding carboxylic acids is 2. The van der Waals surface area contributed by atoms with E-state index in [4.69, 9.17) is 4.74 Å². The van der Waals surface area contributed by atoms with Gasteiger partial charge < -0.3 is 19.8 Å². The van der Waals surface area contributed by atoms with Gasteiger partial charge in [-0.05, 0) is 54.3 Å². The number of hydrogen-bond donors (Lipinski definition) is 2. The van der Waals surface area contributed by atoms with Gasteiger partial charge in [0.05, 0.1) is 14.2 Å². The van der Waals surface area contributed by atoms with Crippen molar-refractivity contribution in [3.05, 3.63) is 66.4 Å². The molecule has 6 nitrogen and oxygen atoms in total. The largest absolute Gasteiger partial charge is 0.497 e. The minimum Gasteiger partial charge on any atom is -0.497 e. The van der Waals surface area contributed by atoms with Crippen molar-refractivity contribution in [1.82, 2.24) is 10.3 Å². The third kappa shape index (κ3) is 6.23. The molecule has 2 N–H and O–H groups in total. The number of rotatable bonds is 11. The zero-order chi connectivity index (χ0) is 22.8. The second-order valence-electron chi connectivity index (χ2n) is 7.56. The molecule has 0 saturated heterocycles. The van der Waals surface area contributed by atoms with Gasteiger partial charge in [0.1, 0.15) is 11.4 Å². The maximum absolute atomic E-state index is 13.0. The van der Waals surface area contributed by atoms with Gasteiger partial charge in [-0.2, -0.15) is 0 Å². The Bertz CT molecular complexity index is 1010. The fourth-order valence-electron chi connectivity index (χ4n) is 3.55. The molecule has 0 bridgehead atoms. The summed E-state index contributed by atoms with van der Waals surface area (Å²) < 4.78 is 9.89. The molecule has 0 radical (unpaired) electrons. The molecule has 0 aliphatic heterocycles. The molecule has 168 valence electrons. The van der Waals surface area contributed by atoms with Gasteiger partial charge in [0, 0.05) is 24.2 Å². The van der Waals surface area contributed by atoms with Crippen molar-refractivity contribution in [2.75, 3.05) is 20.8 Å². The Balaban J connectivity index is 1.66. The Hall–Kier alpha value is -3.54. The number of carbonyl (C=O) groups is 2. The predicted molar refractivity (Wildman–Crippen MR) is 126 cm³/mol. The highest BCUT2D eigenvalue weighted by Crippen LogP contribution is 2.30. The number of aromatic nitrogens is 1. The van der Waals surface area contributed by atoms with Crippen LogP contribution in [0.4, 0.5) is 0 Å². The minimum atomic E-state index is -0.175. The van der Waals surface area contributed by atoms with E-state index in [9.17, 15) is 9.59 Å². The Labute approximate surface area is 189 Å². The molecule has 3 aromatic rings. The van der Waals surface area contributed by atoms with Crippen LogP contribution < -0.4 is 10.1 Å². The van der Waals surface area contributed by atoms with Gasteiger partial charge in [-0.15, -0.1) is 0 Å². The van der Waals surface area contributed by atoms with Crippen LogP contribution in [0.2, 0.25) is 0 Å². The van der Waals surface area contributed by atoms with E-state index >= 15 is 0 Å². The molecule has 0 atom stereocenters. The van der Waals surface area contributed by atoms with Gasteiger partial charge >= 0.3 is 5.97 Å². The zero-order valence-corrected chi connectivity index (χ0v) is 18.6. The first-order valence-electron chi connectivity index (χ1n) is 10.9. The molecular weight excluding hydrogens is 404 g/mol. The maximum atomic E-state index is 13.0. The van der Waals surface area contributed by atoms with Crippen LogP contribution in [0.1, 0.15) is 42.6 Å². The van der Waals surface area contributed by atoms with E-state index in [0.717, 1.165) is 53.8 Å². The molecule has 1 amide bonds. The number of methoxy groups -OCH3 is 2. The van der Waals surface area contributed by atoms with Crippen LogP contribution in [0.5, 0.6) is 5.75 Å². The van der Waals surface area contributed by atoms with Crippen molar-refractivity contribution in [3.8, 4) is 28.1 Å². The standard InChI is InChI=1S/C26H30N2O4/c1-31-21-15-13-20(14-16-21)23-18-22(19-10-6-5-7-11-19)25(28-23)26(30)27-17-9-4-3-8-12-24(29)32-2/h5-7,10-11,13-16,18,28H,3-4,8-9,12,17H2,1-2H3,(H,27,30). The van der Waals surface area contributed by atoms with E-state index in [1.165, 1.54) is 7.11 Å². The highest BCUT2D eigenvalue weighted by Gasteiger charge is 2.17. The van der Waals surface area contributed by atoms with Crippen LogP contribution in [0, 0.1) is 0 Å². The first-order chi connectivity index (χ1) is 15.6. The second kappa shape index (κ2) is 11.7. The molecule has 1 heterocycles. The summed E-state index contributed by atoms with van der Waals surface area (Å²) in [5.74, 6) is 0.484. The van der Waals surface area contributed by atoms with Gasteiger partial charge in [-0.1, -0.05) is 43.2 Å². The predicted octanol–water partition coefficient (Wildman–Crippen LogP) is 5.21. The van der Waals surface area contributed by atoms with Gasteiger partial charge in [-0.25, -0.2) is 0 Å². The molecule has 0 aliphatic rings. The lowest BCUT2D eigenvalue weighted by atomic mass is 10.0. The number of unbranched alkanes of at least 4 members (excludes halogenated alkanes) is 3. The van der Waals surface area contributed by atoms with Crippen molar-refractivity contribution in [2.24, 2.45) is 0 Å². The summed E-state index contributed by atoms with van der Waals surface area (Å²) in [5, 5.41) is 3.02. The Morgan fingerprint density at radius 3 is 2.28 bits per heavy atom. The lowest BCUT2D eigenvalue weighted by Gasteiger charge is -2.07. The molecule has 1 aromatic heterocycles. The van der Waals surface area contributed by atoms with Gasteiger partial charge in [0.2, 0.25) is 0 Å². The molecule has 0 spiro atoms. The smallest absolute Gasteiger partial charge is 0.305 e. The summed E-state index contributed by atoms with van der Waals surface area (Å²) in [6, 6.07) is 19.6. The zero-order valence-electron chi connectivity index (χ0n) is 18.6. The monoisotopic (exact) mass is 434 g/mol. The Morgan fingerprint density at radius 1 is 0.875 bits per heavy atom. The van der Waals surface area contributed by atoms with Gasteiger partial charge in [0.15, 0.2) is 0 Å². The molecule has 3 rings (SSSR count). The summed E-state index contributed by atoms with van der Waals surface area (Å²) in [6.45, 7) is 0.585. The van der Waals surface area contributed by atoms with Crippen LogP contribution >= 0.6 is 0 Å². The molecule has 32 heavy (non-hydrogen) atoms. The first kappa shape index (κ1) is 23.1. The highest BCUT2D eigenvalue weighted by atomic mass is 16.5. The molecule has 0 saturated carbocycles. The summed E-state index contributed by atoms with van der Waals surface area (Å²) >= 11 is 0. The number of amides is 1. The molecule has 6 heteroatoms. The third-order valence-electron chi connectivity index (χ3n) is 5.35. The van der Waals surface area contributed by atoms with E-state index < -0.39 is 0 Å². The van der Waals surface area contributed by atoms with Crippen molar-refractivity contribution >= 4 is 11.9 Å². The van der Waals surface area contributed by atoms with E-state index in [1.807, 2.05) is 60.7 Å². The van der Waals surface area contributed by atoms with Crippen LogP contribution in [-0.2, 0) is 9.53 Å². The Morgan fingerprint density at radius 2 is 1.59 bits per heavy atom. The van der Waals surface area contributed by atoms with Crippen LogP contribution in [0.25, 0.3) is 22.4 Å².